The van der Waals surface area contributed by atoms with Crippen molar-refractivity contribution >= 4 is 17.6 Å². The second-order valence-electron chi connectivity index (χ2n) is 4.39. The van der Waals surface area contributed by atoms with Gasteiger partial charge in [-0.1, -0.05) is 35.9 Å². The second kappa shape index (κ2) is 4.67. The predicted molar refractivity (Wildman–Crippen MR) is 69.7 cm³/mol. The summed E-state index contributed by atoms with van der Waals surface area (Å²) in [6.07, 6.45) is -0.237. The molecule has 0 bridgehead atoms. The molecule has 0 saturated carbocycles. The monoisotopic (exact) mass is 276 g/mol. The van der Waals surface area contributed by atoms with Gasteiger partial charge in [0.25, 0.3) is 0 Å². The fourth-order valence-electron chi connectivity index (χ4n) is 2.31. The van der Waals surface area contributed by atoms with E-state index in [9.17, 15) is 9.18 Å². The van der Waals surface area contributed by atoms with Gasteiger partial charge in [0.15, 0.2) is 0 Å². The maximum Gasteiger partial charge on any atom is 0.339 e. The lowest BCUT2D eigenvalue weighted by atomic mass is 9.94. The van der Waals surface area contributed by atoms with Crippen molar-refractivity contribution < 1.29 is 13.9 Å². The minimum Gasteiger partial charge on any atom is -0.453 e. The van der Waals surface area contributed by atoms with Gasteiger partial charge in [0.05, 0.1) is 10.6 Å². The van der Waals surface area contributed by atoms with Crippen molar-refractivity contribution in [1.82, 2.24) is 0 Å². The van der Waals surface area contributed by atoms with Crippen molar-refractivity contribution in [1.29, 1.82) is 0 Å². The van der Waals surface area contributed by atoms with Crippen molar-refractivity contribution in [2.75, 3.05) is 0 Å². The van der Waals surface area contributed by atoms with Crippen LogP contribution in [0.2, 0.25) is 5.02 Å². The lowest BCUT2D eigenvalue weighted by Gasteiger charge is -2.25. The molecule has 2 aromatic carbocycles. The van der Waals surface area contributed by atoms with Gasteiger partial charge in [0.2, 0.25) is 0 Å². The standard InChI is InChI=1S/C15H10ClFO2/c16-11-6-3-7-12(17)14(11)13-8-9-4-1-2-5-10(9)15(18)19-13/h1-7,13H,8H2. The van der Waals surface area contributed by atoms with E-state index >= 15 is 0 Å². The van der Waals surface area contributed by atoms with Crippen LogP contribution >= 0.6 is 11.6 Å². The summed E-state index contributed by atoms with van der Waals surface area (Å²) in [7, 11) is 0. The van der Waals surface area contributed by atoms with Crippen molar-refractivity contribution in [2.45, 2.75) is 12.5 Å². The van der Waals surface area contributed by atoms with Gasteiger partial charge >= 0.3 is 5.97 Å². The van der Waals surface area contributed by atoms with Gasteiger partial charge < -0.3 is 4.74 Å². The largest absolute Gasteiger partial charge is 0.453 e. The molecule has 0 aliphatic carbocycles. The Labute approximate surface area is 114 Å². The Hall–Kier alpha value is -1.87. The van der Waals surface area contributed by atoms with Gasteiger partial charge in [-0.05, 0) is 23.8 Å². The van der Waals surface area contributed by atoms with Gasteiger partial charge in [0, 0.05) is 12.0 Å². The average molecular weight is 277 g/mol. The predicted octanol–water partition coefficient (Wildman–Crippen LogP) is 3.93. The van der Waals surface area contributed by atoms with E-state index in [-0.39, 0.29) is 10.6 Å². The number of carbonyl (C=O) groups is 1. The maximum atomic E-state index is 13.9. The minimum atomic E-state index is -0.670. The molecule has 19 heavy (non-hydrogen) atoms. The fourth-order valence-corrected chi connectivity index (χ4v) is 2.60. The minimum absolute atomic E-state index is 0.243. The fraction of sp³-hybridized carbons (Fsp3) is 0.133. The summed E-state index contributed by atoms with van der Waals surface area (Å²) in [6.45, 7) is 0. The molecule has 4 heteroatoms. The Kier molecular flexibility index (Phi) is 2.99. The zero-order chi connectivity index (χ0) is 13.4. The molecule has 0 aromatic heterocycles. The molecule has 0 fully saturated rings. The summed E-state index contributed by atoms with van der Waals surface area (Å²) in [6, 6.07) is 11.6. The highest BCUT2D eigenvalue weighted by molar-refractivity contribution is 6.31. The molecule has 1 unspecified atom stereocenters. The summed E-state index contributed by atoms with van der Waals surface area (Å²) in [5.41, 5.74) is 1.63. The molecular weight excluding hydrogens is 267 g/mol. The number of esters is 1. The smallest absolute Gasteiger partial charge is 0.339 e. The number of benzene rings is 2. The van der Waals surface area contributed by atoms with E-state index in [4.69, 9.17) is 16.3 Å². The number of carbonyl (C=O) groups excluding carboxylic acids is 1. The van der Waals surface area contributed by atoms with E-state index in [2.05, 4.69) is 0 Å². The molecular formula is C15H10ClFO2. The molecule has 2 aromatic rings. The normalized spacial score (nSPS) is 17.8. The number of hydrogen-bond donors (Lipinski definition) is 0. The molecule has 1 atom stereocenters. The summed E-state index contributed by atoms with van der Waals surface area (Å²) in [5, 5.41) is 0.275. The van der Waals surface area contributed by atoms with Crippen LogP contribution in [0.15, 0.2) is 42.5 Å². The number of rotatable bonds is 1. The van der Waals surface area contributed by atoms with Crippen molar-refractivity contribution in [3.8, 4) is 0 Å². The van der Waals surface area contributed by atoms with Crippen LogP contribution in [0.25, 0.3) is 0 Å². The lowest BCUT2D eigenvalue weighted by Crippen LogP contribution is -2.22. The molecule has 0 spiro atoms. The molecule has 1 aliphatic heterocycles. The van der Waals surface area contributed by atoms with Gasteiger partial charge in [-0.15, -0.1) is 0 Å². The maximum absolute atomic E-state index is 13.9. The Bertz CT molecular complexity index is 634. The second-order valence-corrected chi connectivity index (χ2v) is 4.80. The summed E-state index contributed by atoms with van der Waals surface area (Å²) < 4.78 is 19.2. The average Bonchev–Trinajstić information content (AvgIpc) is 2.38. The third-order valence-electron chi connectivity index (χ3n) is 3.21. The Morgan fingerprint density at radius 2 is 1.95 bits per heavy atom. The third-order valence-corrected chi connectivity index (χ3v) is 3.54. The molecule has 1 heterocycles. The van der Waals surface area contributed by atoms with Crippen molar-refractivity contribution in [2.24, 2.45) is 0 Å². The molecule has 96 valence electrons. The zero-order valence-corrected chi connectivity index (χ0v) is 10.7. The Balaban J connectivity index is 2.04. The van der Waals surface area contributed by atoms with Crippen LogP contribution in [-0.2, 0) is 11.2 Å². The van der Waals surface area contributed by atoms with Crippen LogP contribution in [0.5, 0.6) is 0 Å². The van der Waals surface area contributed by atoms with Crippen LogP contribution in [0.1, 0.15) is 27.6 Å². The molecule has 1 aliphatic rings. The lowest BCUT2D eigenvalue weighted by molar-refractivity contribution is 0.0245. The SMILES string of the molecule is O=C1OC(c2c(F)cccc2Cl)Cc2ccccc21. The Morgan fingerprint density at radius 1 is 1.16 bits per heavy atom. The first-order valence-electron chi connectivity index (χ1n) is 5.89. The molecule has 0 N–H and O–H groups in total. The first-order valence-corrected chi connectivity index (χ1v) is 6.27. The van der Waals surface area contributed by atoms with Crippen molar-refractivity contribution in [3.63, 3.8) is 0 Å². The number of cyclic esters (lactones) is 1. The third kappa shape index (κ3) is 2.10. The first-order chi connectivity index (χ1) is 9.16. The van der Waals surface area contributed by atoms with E-state index in [0.717, 1.165) is 5.56 Å². The molecule has 0 amide bonds. The Morgan fingerprint density at radius 3 is 2.74 bits per heavy atom. The van der Waals surface area contributed by atoms with Gasteiger partial charge in [-0.2, -0.15) is 0 Å². The van der Waals surface area contributed by atoms with E-state index in [1.54, 1.807) is 18.2 Å². The van der Waals surface area contributed by atoms with Crippen molar-refractivity contribution in [3.05, 3.63) is 70.0 Å². The number of halogens is 2. The molecule has 0 radical (unpaired) electrons. The zero-order valence-electron chi connectivity index (χ0n) is 9.90. The van der Waals surface area contributed by atoms with E-state index in [1.807, 2.05) is 12.1 Å². The van der Waals surface area contributed by atoms with Crippen LogP contribution in [0, 0.1) is 5.82 Å². The summed E-state index contributed by atoms with van der Waals surface area (Å²) >= 11 is 6.01. The van der Waals surface area contributed by atoms with Gasteiger partial charge in [0.1, 0.15) is 11.9 Å². The highest BCUT2D eigenvalue weighted by atomic mass is 35.5. The van der Waals surface area contributed by atoms with Crippen LogP contribution in [0.3, 0.4) is 0 Å². The van der Waals surface area contributed by atoms with Crippen LogP contribution < -0.4 is 0 Å². The number of hydrogen-bond acceptors (Lipinski definition) is 2. The van der Waals surface area contributed by atoms with Gasteiger partial charge in [-0.25, -0.2) is 9.18 Å². The van der Waals surface area contributed by atoms with E-state index < -0.39 is 17.9 Å². The van der Waals surface area contributed by atoms with Crippen LogP contribution in [0.4, 0.5) is 4.39 Å². The quantitative estimate of drug-likeness (QED) is 0.738. The van der Waals surface area contributed by atoms with Crippen LogP contribution in [-0.4, -0.2) is 5.97 Å². The number of ether oxygens (including phenoxy) is 1. The topological polar surface area (TPSA) is 26.3 Å². The number of fused-ring (bicyclic) bond motifs is 1. The molecule has 3 rings (SSSR count). The highest BCUT2D eigenvalue weighted by Crippen LogP contribution is 2.35. The van der Waals surface area contributed by atoms with Gasteiger partial charge in [-0.3, -0.25) is 0 Å². The molecule has 2 nitrogen and oxygen atoms in total. The summed E-state index contributed by atoms with van der Waals surface area (Å²) in [4.78, 5) is 11.9. The first kappa shape index (κ1) is 12.2. The molecule has 0 saturated heterocycles. The summed E-state index contributed by atoms with van der Waals surface area (Å²) in [5.74, 6) is -0.893. The highest BCUT2D eigenvalue weighted by Gasteiger charge is 2.30. The van der Waals surface area contributed by atoms with E-state index in [1.165, 1.54) is 12.1 Å². The van der Waals surface area contributed by atoms with E-state index in [0.29, 0.717) is 12.0 Å².